The summed E-state index contributed by atoms with van der Waals surface area (Å²) in [6.45, 7) is 1.96. The number of nitrogens with zero attached hydrogens (tertiary/aromatic N) is 2. The Morgan fingerprint density at radius 2 is 2.31 bits per heavy atom. The molecular weight excluding hydrogens is 222 g/mol. The standard InChI is InChI=1S/C12H14ClN3/c1-7(14)11-10-6-9(13)4-5-16(10)12(15-11)8-2-3-8/h4-8H,2-3,14H2,1H3. The number of hydrogen-bond acceptors (Lipinski definition) is 2. The molecule has 1 aliphatic rings. The van der Waals surface area contributed by atoms with Crippen molar-refractivity contribution in [2.24, 2.45) is 5.73 Å². The molecular formula is C12H14ClN3. The number of halogens is 1. The second-order valence-electron chi connectivity index (χ2n) is 4.52. The lowest BCUT2D eigenvalue weighted by atomic mass is 10.2. The maximum absolute atomic E-state index is 6.02. The van der Waals surface area contributed by atoms with Crippen LogP contribution in [0.15, 0.2) is 18.3 Å². The summed E-state index contributed by atoms with van der Waals surface area (Å²) < 4.78 is 2.13. The van der Waals surface area contributed by atoms with Gasteiger partial charge >= 0.3 is 0 Å². The Kier molecular flexibility index (Phi) is 2.19. The second kappa shape index (κ2) is 3.47. The fraction of sp³-hybridized carbons (Fsp3) is 0.417. The molecule has 84 valence electrons. The van der Waals surface area contributed by atoms with Crippen LogP contribution in [0.4, 0.5) is 0 Å². The predicted octanol–water partition coefficient (Wildman–Crippen LogP) is 2.88. The van der Waals surface area contributed by atoms with Crippen LogP contribution in [0.5, 0.6) is 0 Å². The van der Waals surface area contributed by atoms with E-state index in [-0.39, 0.29) is 6.04 Å². The Morgan fingerprint density at radius 1 is 1.56 bits per heavy atom. The molecule has 0 amide bonds. The highest BCUT2D eigenvalue weighted by atomic mass is 35.5. The van der Waals surface area contributed by atoms with Gasteiger partial charge in [0.25, 0.3) is 0 Å². The Labute approximate surface area is 99.2 Å². The van der Waals surface area contributed by atoms with Crippen LogP contribution in [0, 0.1) is 0 Å². The molecule has 3 rings (SSSR count). The first-order chi connectivity index (χ1) is 7.66. The summed E-state index contributed by atoms with van der Waals surface area (Å²) in [6, 6.07) is 3.78. The maximum Gasteiger partial charge on any atom is 0.116 e. The predicted molar refractivity (Wildman–Crippen MR) is 64.8 cm³/mol. The summed E-state index contributed by atoms with van der Waals surface area (Å²) in [5.41, 5.74) is 7.94. The summed E-state index contributed by atoms with van der Waals surface area (Å²) >= 11 is 6.02. The fourth-order valence-electron chi connectivity index (χ4n) is 2.07. The molecule has 1 aliphatic carbocycles. The van der Waals surface area contributed by atoms with Gasteiger partial charge in [-0.2, -0.15) is 0 Å². The van der Waals surface area contributed by atoms with Gasteiger partial charge < -0.3 is 10.1 Å². The number of hydrogen-bond donors (Lipinski definition) is 1. The van der Waals surface area contributed by atoms with Crippen molar-refractivity contribution in [2.75, 3.05) is 0 Å². The Balaban J connectivity index is 2.28. The highest BCUT2D eigenvalue weighted by Crippen LogP contribution is 2.40. The molecule has 0 bridgehead atoms. The molecule has 0 aliphatic heterocycles. The molecule has 2 heterocycles. The van der Waals surface area contributed by atoms with Crippen LogP contribution in [0.1, 0.15) is 43.2 Å². The molecule has 1 fully saturated rings. The first-order valence-corrected chi connectivity index (χ1v) is 5.97. The molecule has 0 saturated heterocycles. The van der Waals surface area contributed by atoms with E-state index in [1.807, 2.05) is 25.3 Å². The van der Waals surface area contributed by atoms with Gasteiger partial charge in [-0.25, -0.2) is 4.98 Å². The largest absolute Gasteiger partial charge is 0.323 e. The number of pyridine rings is 1. The smallest absolute Gasteiger partial charge is 0.116 e. The topological polar surface area (TPSA) is 43.3 Å². The Morgan fingerprint density at radius 3 is 2.94 bits per heavy atom. The van der Waals surface area contributed by atoms with Gasteiger partial charge in [-0.05, 0) is 31.9 Å². The lowest BCUT2D eigenvalue weighted by molar-refractivity contribution is 0.786. The SMILES string of the molecule is CC(N)c1nc(C2CC2)n2ccc(Cl)cc12. The molecule has 3 nitrogen and oxygen atoms in total. The van der Waals surface area contributed by atoms with Crippen LogP contribution in [0.3, 0.4) is 0 Å². The summed E-state index contributed by atoms with van der Waals surface area (Å²) in [6.07, 6.45) is 4.46. The average Bonchev–Trinajstić information content (AvgIpc) is 2.99. The molecule has 2 aromatic heterocycles. The summed E-state index contributed by atoms with van der Waals surface area (Å²) in [4.78, 5) is 4.67. The second-order valence-corrected chi connectivity index (χ2v) is 4.95. The van der Waals surface area contributed by atoms with E-state index >= 15 is 0 Å². The molecule has 0 aromatic carbocycles. The zero-order valence-corrected chi connectivity index (χ0v) is 9.91. The van der Waals surface area contributed by atoms with E-state index in [0.717, 1.165) is 22.1 Å². The first-order valence-electron chi connectivity index (χ1n) is 5.60. The minimum atomic E-state index is -0.0547. The third-order valence-electron chi connectivity index (χ3n) is 3.04. The van der Waals surface area contributed by atoms with Crippen molar-refractivity contribution < 1.29 is 0 Å². The van der Waals surface area contributed by atoms with E-state index < -0.39 is 0 Å². The van der Waals surface area contributed by atoms with Crippen molar-refractivity contribution in [3.8, 4) is 0 Å². The lowest BCUT2D eigenvalue weighted by Gasteiger charge is -2.02. The minimum absolute atomic E-state index is 0.0547. The van der Waals surface area contributed by atoms with Gasteiger partial charge in [-0.1, -0.05) is 11.6 Å². The van der Waals surface area contributed by atoms with E-state index in [4.69, 9.17) is 17.3 Å². The van der Waals surface area contributed by atoms with E-state index in [2.05, 4.69) is 9.38 Å². The third-order valence-corrected chi connectivity index (χ3v) is 3.27. The summed E-state index contributed by atoms with van der Waals surface area (Å²) in [5.74, 6) is 1.75. The lowest BCUT2D eigenvalue weighted by Crippen LogP contribution is -2.05. The molecule has 1 atom stereocenters. The molecule has 16 heavy (non-hydrogen) atoms. The van der Waals surface area contributed by atoms with E-state index in [1.54, 1.807) is 0 Å². The highest BCUT2D eigenvalue weighted by molar-refractivity contribution is 6.30. The highest BCUT2D eigenvalue weighted by Gasteiger charge is 2.29. The van der Waals surface area contributed by atoms with E-state index in [0.29, 0.717) is 5.92 Å². The normalized spacial score (nSPS) is 17.9. The number of imidazole rings is 1. The van der Waals surface area contributed by atoms with Crippen molar-refractivity contribution in [1.82, 2.24) is 9.38 Å². The number of fused-ring (bicyclic) bond motifs is 1. The molecule has 0 radical (unpaired) electrons. The molecule has 4 heteroatoms. The van der Waals surface area contributed by atoms with Gasteiger partial charge in [0.1, 0.15) is 5.82 Å². The monoisotopic (exact) mass is 235 g/mol. The number of nitrogens with two attached hydrogens (primary N) is 1. The van der Waals surface area contributed by atoms with Crippen molar-refractivity contribution in [3.05, 3.63) is 34.9 Å². The van der Waals surface area contributed by atoms with Crippen molar-refractivity contribution in [3.63, 3.8) is 0 Å². The zero-order valence-electron chi connectivity index (χ0n) is 9.15. The van der Waals surface area contributed by atoms with Crippen LogP contribution in [0.2, 0.25) is 5.02 Å². The van der Waals surface area contributed by atoms with Crippen LogP contribution in [-0.4, -0.2) is 9.38 Å². The van der Waals surface area contributed by atoms with Crippen LogP contribution < -0.4 is 5.73 Å². The first kappa shape index (κ1) is 10.1. The van der Waals surface area contributed by atoms with E-state index in [9.17, 15) is 0 Å². The molecule has 0 spiro atoms. The number of rotatable bonds is 2. The molecule has 1 unspecified atom stereocenters. The van der Waals surface area contributed by atoms with Crippen LogP contribution in [-0.2, 0) is 0 Å². The van der Waals surface area contributed by atoms with Crippen LogP contribution in [0.25, 0.3) is 5.52 Å². The minimum Gasteiger partial charge on any atom is -0.323 e. The van der Waals surface area contributed by atoms with Crippen molar-refractivity contribution >= 4 is 17.1 Å². The molecule has 2 aromatic rings. The molecule has 2 N–H and O–H groups in total. The van der Waals surface area contributed by atoms with Gasteiger partial charge in [0.2, 0.25) is 0 Å². The van der Waals surface area contributed by atoms with Gasteiger partial charge in [-0.15, -0.1) is 0 Å². The quantitative estimate of drug-likeness (QED) is 0.870. The fourth-order valence-corrected chi connectivity index (χ4v) is 2.23. The number of aromatic nitrogens is 2. The van der Waals surface area contributed by atoms with Gasteiger partial charge in [0.05, 0.1) is 11.2 Å². The average molecular weight is 236 g/mol. The van der Waals surface area contributed by atoms with Gasteiger partial charge in [0, 0.05) is 23.2 Å². The third kappa shape index (κ3) is 1.51. The Hall–Kier alpha value is -1.06. The summed E-state index contributed by atoms with van der Waals surface area (Å²) in [7, 11) is 0. The molecule has 1 saturated carbocycles. The van der Waals surface area contributed by atoms with Crippen molar-refractivity contribution in [2.45, 2.75) is 31.7 Å². The zero-order chi connectivity index (χ0) is 11.3. The van der Waals surface area contributed by atoms with E-state index in [1.165, 1.54) is 12.8 Å². The summed E-state index contributed by atoms with van der Waals surface area (Å²) in [5, 5.41) is 0.733. The van der Waals surface area contributed by atoms with Gasteiger partial charge in [0.15, 0.2) is 0 Å². The maximum atomic E-state index is 6.02. The van der Waals surface area contributed by atoms with Crippen LogP contribution >= 0.6 is 11.6 Å². The van der Waals surface area contributed by atoms with Crippen molar-refractivity contribution in [1.29, 1.82) is 0 Å². The Bertz CT molecular complexity index is 540. The van der Waals surface area contributed by atoms with Gasteiger partial charge in [-0.3, -0.25) is 0 Å².